The second-order valence-corrected chi connectivity index (χ2v) is 6.94. The van der Waals surface area contributed by atoms with Gasteiger partial charge in [0.05, 0.1) is 39.6 Å². The predicted molar refractivity (Wildman–Crippen MR) is 112 cm³/mol. The van der Waals surface area contributed by atoms with Crippen LogP contribution in [-0.2, 0) is 18.9 Å². The molecule has 0 fully saturated rings. The average molecular weight is 394 g/mol. The van der Waals surface area contributed by atoms with Crippen molar-refractivity contribution in [3.8, 4) is 0 Å². The van der Waals surface area contributed by atoms with Crippen LogP contribution in [0.1, 0.15) is 64.2 Å². The zero-order valence-corrected chi connectivity index (χ0v) is 17.7. The number of thiol groups is 1. The van der Waals surface area contributed by atoms with Crippen molar-refractivity contribution in [3.63, 3.8) is 0 Å². The highest BCUT2D eigenvalue weighted by Gasteiger charge is 1.95. The molecule has 0 aliphatic carbocycles. The number of rotatable bonds is 23. The minimum atomic E-state index is 0.606. The minimum absolute atomic E-state index is 0.606. The summed E-state index contributed by atoms with van der Waals surface area (Å²) in [5.74, 6) is 1.03. The van der Waals surface area contributed by atoms with Crippen LogP contribution in [0.5, 0.6) is 0 Å². The first kappa shape index (κ1) is 26.1. The van der Waals surface area contributed by atoms with Gasteiger partial charge in [-0.05, 0) is 31.6 Å². The highest BCUT2D eigenvalue weighted by atomic mass is 32.1. The van der Waals surface area contributed by atoms with E-state index >= 15 is 0 Å². The van der Waals surface area contributed by atoms with E-state index in [9.17, 15) is 0 Å². The van der Waals surface area contributed by atoms with Crippen LogP contribution < -0.4 is 5.73 Å². The normalized spacial score (nSPS) is 11.3. The maximum absolute atomic E-state index is 5.59. The number of hydrogen-bond acceptors (Lipinski definition) is 6. The Hall–Kier alpha value is 0.150. The minimum Gasteiger partial charge on any atom is -0.379 e. The SMILES string of the molecule is NCCCOCCOCCOCCOCCCCCCCCCCCS. The molecule has 0 aliphatic heterocycles. The fourth-order valence-electron chi connectivity index (χ4n) is 2.50. The smallest absolute Gasteiger partial charge is 0.0701 e. The van der Waals surface area contributed by atoms with Gasteiger partial charge < -0.3 is 24.7 Å². The van der Waals surface area contributed by atoms with Gasteiger partial charge in [-0.1, -0.05) is 44.9 Å². The summed E-state index contributed by atoms with van der Waals surface area (Å²) in [7, 11) is 0. The summed E-state index contributed by atoms with van der Waals surface area (Å²) in [5.41, 5.74) is 5.38. The average Bonchev–Trinajstić information content (AvgIpc) is 2.66. The highest BCUT2D eigenvalue weighted by Crippen LogP contribution is 2.09. The van der Waals surface area contributed by atoms with Crippen LogP contribution in [0.2, 0.25) is 0 Å². The lowest BCUT2D eigenvalue weighted by Crippen LogP contribution is -2.13. The lowest BCUT2D eigenvalue weighted by Gasteiger charge is -2.07. The van der Waals surface area contributed by atoms with E-state index in [4.69, 9.17) is 24.7 Å². The summed E-state index contributed by atoms with van der Waals surface area (Å²) < 4.78 is 21.8. The summed E-state index contributed by atoms with van der Waals surface area (Å²) >= 11 is 4.23. The van der Waals surface area contributed by atoms with Gasteiger partial charge in [0.25, 0.3) is 0 Å². The summed E-state index contributed by atoms with van der Waals surface area (Å²) in [5, 5.41) is 0. The van der Waals surface area contributed by atoms with Gasteiger partial charge in [-0.15, -0.1) is 0 Å². The summed E-state index contributed by atoms with van der Waals surface area (Å²) in [4.78, 5) is 0. The molecule has 0 aromatic rings. The second-order valence-electron chi connectivity index (χ2n) is 6.50. The van der Waals surface area contributed by atoms with Crippen LogP contribution in [0, 0.1) is 0 Å². The van der Waals surface area contributed by atoms with Gasteiger partial charge in [-0.25, -0.2) is 0 Å². The molecule has 0 aliphatic rings. The van der Waals surface area contributed by atoms with E-state index in [1.807, 2.05) is 0 Å². The molecular formula is C20H43NO4S. The third kappa shape index (κ3) is 24.1. The Morgan fingerprint density at radius 1 is 0.423 bits per heavy atom. The van der Waals surface area contributed by atoms with Crippen LogP contribution in [-0.4, -0.2) is 65.2 Å². The molecule has 0 saturated carbocycles. The molecule has 0 atom stereocenters. The topological polar surface area (TPSA) is 62.9 Å². The van der Waals surface area contributed by atoms with E-state index in [0.29, 0.717) is 52.8 Å². The predicted octanol–water partition coefficient (Wildman–Crippen LogP) is 3.84. The fraction of sp³-hybridized carbons (Fsp3) is 1.00. The molecule has 0 radical (unpaired) electrons. The van der Waals surface area contributed by atoms with Crippen LogP contribution >= 0.6 is 12.6 Å². The number of ether oxygens (including phenoxy) is 4. The molecule has 0 aromatic heterocycles. The molecular weight excluding hydrogens is 350 g/mol. The number of nitrogens with two attached hydrogens (primary N) is 1. The van der Waals surface area contributed by atoms with Gasteiger partial charge in [0.15, 0.2) is 0 Å². The van der Waals surface area contributed by atoms with E-state index in [1.165, 1.54) is 51.4 Å². The molecule has 0 unspecified atom stereocenters. The Balaban J connectivity index is 2.95. The van der Waals surface area contributed by atoms with E-state index in [0.717, 1.165) is 25.2 Å². The first-order chi connectivity index (χ1) is 12.9. The quantitative estimate of drug-likeness (QED) is 0.204. The highest BCUT2D eigenvalue weighted by molar-refractivity contribution is 7.80. The maximum atomic E-state index is 5.59. The van der Waals surface area contributed by atoms with Crippen molar-refractivity contribution < 1.29 is 18.9 Å². The third-order valence-corrected chi connectivity index (χ3v) is 4.37. The molecule has 2 N–H and O–H groups in total. The van der Waals surface area contributed by atoms with E-state index in [-0.39, 0.29) is 0 Å². The molecule has 0 saturated heterocycles. The first-order valence-electron chi connectivity index (χ1n) is 10.5. The van der Waals surface area contributed by atoms with Gasteiger partial charge in [0.1, 0.15) is 0 Å². The van der Waals surface area contributed by atoms with Crippen molar-refractivity contribution in [3.05, 3.63) is 0 Å². The van der Waals surface area contributed by atoms with Gasteiger partial charge >= 0.3 is 0 Å². The largest absolute Gasteiger partial charge is 0.379 e. The van der Waals surface area contributed by atoms with Gasteiger partial charge in [-0.2, -0.15) is 12.6 Å². The molecule has 5 nitrogen and oxygen atoms in total. The molecule has 0 amide bonds. The van der Waals surface area contributed by atoms with Crippen molar-refractivity contribution in [1.82, 2.24) is 0 Å². The molecule has 6 heteroatoms. The van der Waals surface area contributed by atoms with Crippen LogP contribution in [0.25, 0.3) is 0 Å². The lowest BCUT2D eigenvalue weighted by molar-refractivity contribution is -0.00220. The standard InChI is InChI=1S/C20H43NO4S/c21-11-10-13-23-15-17-25-19-18-24-16-14-22-12-8-6-4-2-1-3-5-7-9-20-26/h26H,1-21H2. The van der Waals surface area contributed by atoms with Gasteiger partial charge in [0.2, 0.25) is 0 Å². The van der Waals surface area contributed by atoms with Crippen LogP contribution in [0.4, 0.5) is 0 Å². The summed E-state index contributed by atoms with van der Waals surface area (Å²) in [6.45, 7) is 6.00. The molecule has 26 heavy (non-hydrogen) atoms. The second kappa shape index (κ2) is 25.1. The zero-order valence-electron chi connectivity index (χ0n) is 16.8. The van der Waals surface area contributed by atoms with Crippen molar-refractivity contribution in [2.45, 2.75) is 64.2 Å². The van der Waals surface area contributed by atoms with Crippen molar-refractivity contribution in [2.75, 3.05) is 65.2 Å². The van der Waals surface area contributed by atoms with E-state index in [1.54, 1.807) is 0 Å². The molecule has 158 valence electrons. The number of hydrogen-bond donors (Lipinski definition) is 2. The summed E-state index contributed by atoms with van der Waals surface area (Å²) in [6.07, 6.45) is 12.8. The Bertz CT molecular complexity index is 224. The molecule has 0 rings (SSSR count). The molecule has 0 spiro atoms. The van der Waals surface area contributed by atoms with Crippen molar-refractivity contribution in [2.24, 2.45) is 5.73 Å². The lowest BCUT2D eigenvalue weighted by atomic mass is 10.1. The maximum Gasteiger partial charge on any atom is 0.0701 e. The van der Waals surface area contributed by atoms with E-state index in [2.05, 4.69) is 12.6 Å². The first-order valence-corrected chi connectivity index (χ1v) is 11.2. The molecule has 0 aromatic carbocycles. The van der Waals surface area contributed by atoms with Crippen molar-refractivity contribution in [1.29, 1.82) is 0 Å². The monoisotopic (exact) mass is 393 g/mol. The fourth-order valence-corrected chi connectivity index (χ4v) is 2.72. The Morgan fingerprint density at radius 3 is 1.19 bits per heavy atom. The molecule has 0 bridgehead atoms. The number of unbranched alkanes of at least 4 members (excludes halogenated alkanes) is 8. The Kier molecular flexibility index (Phi) is 25.3. The van der Waals surface area contributed by atoms with Gasteiger partial charge in [0, 0.05) is 13.2 Å². The summed E-state index contributed by atoms with van der Waals surface area (Å²) in [6, 6.07) is 0. The van der Waals surface area contributed by atoms with Crippen LogP contribution in [0.3, 0.4) is 0 Å². The van der Waals surface area contributed by atoms with Gasteiger partial charge in [-0.3, -0.25) is 0 Å². The van der Waals surface area contributed by atoms with Crippen LogP contribution in [0.15, 0.2) is 0 Å². The third-order valence-electron chi connectivity index (χ3n) is 4.06. The van der Waals surface area contributed by atoms with E-state index < -0.39 is 0 Å². The Labute approximate surface area is 167 Å². The Morgan fingerprint density at radius 2 is 0.769 bits per heavy atom. The molecule has 0 heterocycles. The zero-order chi connectivity index (χ0) is 19.0. The van der Waals surface area contributed by atoms with Crippen molar-refractivity contribution >= 4 is 12.6 Å².